The first-order chi connectivity index (χ1) is 13.5. The Bertz CT molecular complexity index is 1180. The van der Waals surface area contributed by atoms with Crippen LogP contribution in [0.3, 0.4) is 0 Å². The molecule has 0 radical (unpaired) electrons. The topological polar surface area (TPSA) is 31.2 Å². The van der Waals surface area contributed by atoms with Crippen LogP contribution in [0.2, 0.25) is 0 Å². The van der Waals surface area contributed by atoms with Crippen LogP contribution in [0.15, 0.2) is 66.7 Å². The first-order valence-corrected chi connectivity index (χ1v) is 8.75. The summed E-state index contributed by atoms with van der Waals surface area (Å²) in [5.74, 6) is -0.280. The van der Waals surface area contributed by atoms with Crippen molar-refractivity contribution in [1.82, 2.24) is 4.57 Å². The second-order valence-electron chi connectivity index (χ2n) is 6.47. The lowest BCUT2D eigenvalue weighted by Crippen LogP contribution is -2.07. The van der Waals surface area contributed by atoms with Crippen LogP contribution in [0.4, 0.5) is 8.78 Å². The molecule has 0 N–H and O–H groups in total. The Morgan fingerprint density at radius 3 is 1.96 bits per heavy atom. The molecule has 4 rings (SSSR count). The molecule has 0 bridgehead atoms. The van der Waals surface area contributed by atoms with Crippen LogP contribution in [0.1, 0.15) is 11.7 Å². The van der Waals surface area contributed by atoms with Gasteiger partial charge in [-0.3, -0.25) is 9.36 Å². The molecule has 0 aliphatic heterocycles. The Kier molecular flexibility index (Phi) is 4.43. The van der Waals surface area contributed by atoms with Gasteiger partial charge in [-0.05, 0) is 59.7 Å². The van der Waals surface area contributed by atoms with Crippen LogP contribution in [0.5, 0.6) is 5.75 Å². The quantitative estimate of drug-likeness (QED) is 0.444. The van der Waals surface area contributed by atoms with E-state index >= 15 is 0 Å². The second kappa shape index (κ2) is 6.93. The molecule has 0 spiro atoms. The molecule has 28 heavy (non-hydrogen) atoms. The van der Waals surface area contributed by atoms with Gasteiger partial charge in [0.1, 0.15) is 17.4 Å². The lowest BCUT2D eigenvalue weighted by atomic mass is 9.98. The summed E-state index contributed by atoms with van der Waals surface area (Å²) in [6.07, 6.45) is 0. The number of carbonyl (C=O) groups is 1. The average molecular weight is 377 g/mol. The van der Waals surface area contributed by atoms with Gasteiger partial charge < -0.3 is 4.74 Å². The zero-order valence-corrected chi connectivity index (χ0v) is 15.4. The number of methoxy groups -OCH3 is 1. The summed E-state index contributed by atoms with van der Waals surface area (Å²) in [5.41, 5.74) is 3.52. The highest BCUT2D eigenvalue weighted by molar-refractivity contribution is 6.09. The van der Waals surface area contributed by atoms with Crippen LogP contribution in [-0.4, -0.2) is 17.6 Å². The van der Waals surface area contributed by atoms with Gasteiger partial charge >= 0.3 is 0 Å². The highest BCUT2D eigenvalue weighted by Gasteiger charge is 2.22. The van der Waals surface area contributed by atoms with E-state index in [-0.39, 0.29) is 17.5 Å². The zero-order valence-electron chi connectivity index (χ0n) is 15.4. The van der Waals surface area contributed by atoms with Crippen molar-refractivity contribution in [3.8, 4) is 28.1 Å². The molecule has 5 heteroatoms. The maximum atomic E-state index is 13.5. The third kappa shape index (κ3) is 2.95. The minimum Gasteiger partial charge on any atom is -0.497 e. The van der Waals surface area contributed by atoms with Crippen molar-refractivity contribution in [2.24, 2.45) is 0 Å². The molecule has 0 amide bonds. The molecular weight excluding hydrogens is 360 g/mol. The summed E-state index contributed by atoms with van der Waals surface area (Å²) in [6, 6.07) is 17.6. The van der Waals surface area contributed by atoms with Gasteiger partial charge in [0.15, 0.2) is 0 Å². The van der Waals surface area contributed by atoms with Crippen molar-refractivity contribution in [2.45, 2.75) is 6.92 Å². The van der Waals surface area contributed by atoms with E-state index in [1.54, 1.807) is 42.0 Å². The fourth-order valence-electron chi connectivity index (χ4n) is 3.51. The van der Waals surface area contributed by atoms with E-state index in [4.69, 9.17) is 4.74 Å². The fraction of sp³-hybridized carbons (Fsp3) is 0.0870. The standard InChI is InChI=1S/C23H17F2NO2/c1-14(27)26-21-13-19(28-2)11-12-20(21)22(15-3-7-17(24)8-4-15)23(26)16-5-9-18(25)10-6-16/h3-13H,1-2H3. The first kappa shape index (κ1) is 17.9. The Hall–Kier alpha value is -3.47. The highest BCUT2D eigenvalue weighted by Crippen LogP contribution is 2.42. The lowest BCUT2D eigenvalue weighted by Gasteiger charge is -2.10. The maximum Gasteiger partial charge on any atom is 0.228 e. The Morgan fingerprint density at radius 1 is 0.857 bits per heavy atom. The maximum absolute atomic E-state index is 13.5. The third-order valence-corrected chi connectivity index (χ3v) is 4.74. The Balaban J connectivity index is 2.15. The van der Waals surface area contributed by atoms with Crippen molar-refractivity contribution in [3.05, 3.63) is 78.4 Å². The molecule has 0 saturated heterocycles. The molecule has 0 saturated carbocycles. The molecular formula is C23H17F2NO2. The summed E-state index contributed by atoms with van der Waals surface area (Å²) >= 11 is 0. The molecule has 4 aromatic rings. The van der Waals surface area contributed by atoms with Gasteiger partial charge in [0, 0.05) is 23.9 Å². The zero-order chi connectivity index (χ0) is 19.8. The molecule has 3 aromatic carbocycles. The molecule has 0 fully saturated rings. The van der Waals surface area contributed by atoms with E-state index in [0.717, 1.165) is 16.5 Å². The second-order valence-corrected chi connectivity index (χ2v) is 6.47. The van der Waals surface area contributed by atoms with Gasteiger partial charge in [0.25, 0.3) is 0 Å². The normalized spacial score (nSPS) is 11.0. The molecule has 0 aliphatic carbocycles. The first-order valence-electron chi connectivity index (χ1n) is 8.75. The van der Waals surface area contributed by atoms with Crippen molar-refractivity contribution >= 4 is 16.8 Å². The van der Waals surface area contributed by atoms with E-state index in [2.05, 4.69) is 0 Å². The summed E-state index contributed by atoms with van der Waals surface area (Å²) in [4.78, 5) is 12.6. The van der Waals surface area contributed by atoms with Gasteiger partial charge in [0.05, 0.1) is 18.3 Å². The summed E-state index contributed by atoms with van der Waals surface area (Å²) in [6.45, 7) is 1.47. The van der Waals surface area contributed by atoms with Gasteiger partial charge in [-0.25, -0.2) is 8.78 Å². The van der Waals surface area contributed by atoms with E-state index in [9.17, 15) is 13.6 Å². The molecule has 1 aromatic heterocycles. The van der Waals surface area contributed by atoms with Crippen LogP contribution < -0.4 is 4.74 Å². The summed E-state index contributed by atoms with van der Waals surface area (Å²) in [7, 11) is 1.56. The number of aromatic nitrogens is 1. The number of fused-ring (bicyclic) bond motifs is 1. The van der Waals surface area contributed by atoms with E-state index < -0.39 is 0 Å². The minimum atomic E-state index is -0.362. The smallest absolute Gasteiger partial charge is 0.228 e. The lowest BCUT2D eigenvalue weighted by molar-refractivity contribution is 0.0943. The molecule has 3 nitrogen and oxygen atoms in total. The van der Waals surface area contributed by atoms with E-state index in [0.29, 0.717) is 22.5 Å². The van der Waals surface area contributed by atoms with Crippen molar-refractivity contribution in [3.63, 3.8) is 0 Å². The Labute approximate surface area is 160 Å². The Morgan fingerprint density at radius 2 is 1.43 bits per heavy atom. The van der Waals surface area contributed by atoms with Gasteiger partial charge in [-0.1, -0.05) is 12.1 Å². The molecule has 0 unspecified atom stereocenters. The number of rotatable bonds is 3. The molecule has 0 aliphatic rings. The minimum absolute atomic E-state index is 0.189. The SMILES string of the molecule is COc1ccc2c(-c3ccc(F)cc3)c(-c3ccc(F)cc3)n(C(C)=O)c2c1. The number of hydrogen-bond donors (Lipinski definition) is 0. The average Bonchev–Trinajstić information content (AvgIpc) is 3.03. The van der Waals surface area contributed by atoms with Gasteiger partial charge in [-0.15, -0.1) is 0 Å². The number of halogens is 2. The van der Waals surface area contributed by atoms with E-state index in [1.807, 2.05) is 12.1 Å². The molecule has 0 atom stereocenters. The number of hydrogen-bond acceptors (Lipinski definition) is 2. The van der Waals surface area contributed by atoms with Crippen LogP contribution in [-0.2, 0) is 0 Å². The van der Waals surface area contributed by atoms with Crippen LogP contribution in [0.25, 0.3) is 33.3 Å². The molecule has 1 heterocycles. The summed E-state index contributed by atoms with van der Waals surface area (Å²) in [5, 5.41) is 0.821. The van der Waals surface area contributed by atoms with Crippen LogP contribution >= 0.6 is 0 Å². The number of carbonyl (C=O) groups excluding carboxylic acids is 1. The van der Waals surface area contributed by atoms with Crippen molar-refractivity contribution in [1.29, 1.82) is 0 Å². The monoisotopic (exact) mass is 377 g/mol. The van der Waals surface area contributed by atoms with Gasteiger partial charge in [-0.2, -0.15) is 0 Å². The number of benzene rings is 3. The van der Waals surface area contributed by atoms with E-state index in [1.165, 1.54) is 31.2 Å². The summed E-state index contributed by atoms with van der Waals surface area (Å²) < 4.78 is 33.9. The van der Waals surface area contributed by atoms with Crippen molar-refractivity contribution in [2.75, 3.05) is 7.11 Å². The largest absolute Gasteiger partial charge is 0.497 e. The highest BCUT2D eigenvalue weighted by atomic mass is 19.1. The van der Waals surface area contributed by atoms with Crippen molar-refractivity contribution < 1.29 is 18.3 Å². The van der Waals surface area contributed by atoms with Gasteiger partial charge in [0.2, 0.25) is 5.91 Å². The third-order valence-electron chi connectivity index (χ3n) is 4.74. The van der Waals surface area contributed by atoms with Crippen LogP contribution in [0, 0.1) is 11.6 Å². The molecule has 140 valence electrons. The number of ether oxygens (including phenoxy) is 1. The predicted molar refractivity (Wildman–Crippen MR) is 106 cm³/mol. The fourth-order valence-corrected chi connectivity index (χ4v) is 3.51. The number of nitrogens with zero attached hydrogens (tertiary/aromatic N) is 1. The predicted octanol–water partition coefficient (Wildman–Crippen LogP) is 5.92.